The van der Waals surface area contributed by atoms with E-state index in [0.717, 1.165) is 28.8 Å². The average molecular weight is 416 g/mol. The summed E-state index contributed by atoms with van der Waals surface area (Å²) in [6.07, 6.45) is 2.75. The maximum absolute atomic E-state index is 12.8. The van der Waals surface area contributed by atoms with Crippen LogP contribution < -0.4 is 10.2 Å². The second kappa shape index (κ2) is 8.59. The number of rotatable bonds is 4. The number of anilines is 2. The van der Waals surface area contributed by atoms with E-state index in [1.165, 1.54) is 11.3 Å². The van der Waals surface area contributed by atoms with E-state index < -0.39 is 0 Å². The Balaban J connectivity index is 1.93. The summed E-state index contributed by atoms with van der Waals surface area (Å²) in [5, 5.41) is 12.5. The largest absolute Gasteiger partial charge is 0.364 e. The van der Waals surface area contributed by atoms with Gasteiger partial charge in [-0.05, 0) is 94.8 Å². The van der Waals surface area contributed by atoms with Crippen molar-refractivity contribution >= 4 is 23.4 Å². The molecule has 2 aromatic carbocycles. The van der Waals surface area contributed by atoms with Crippen LogP contribution in [0.3, 0.4) is 0 Å². The zero-order valence-electron chi connectivity index (χ0n) is 19.7. The number of benzene rings is 2. The van der Waals surface area contributed by atoms with Crippen molar-refractivity contribution in [2.75, 3.05) is 10.2 Å². The highest BCUT2D eigenvalue weighted by Gasteiger charge is 2.37. The first-order chi connectivity index (χ1) is 14.5. The molecule has 1 heterocycles. The van der Waals surface area contributed by atoms with E-state index >= 15 is 0 Å². The van der Waals surface area contributed by atoms with E-state index in [0.29, 0.717) is 12.0 Å². The first-order valence-electron chi connectivity index (χ1n) is 11.0. The third-order valence-electron chi connectivity index (χ3n) is 6.12. The Morgan fingerprint density at radius 1 is 1.23 bits per heavy atom. The molecule has 0 saturated heterocycles. The van der Waals surface area contributed by atoms with Crippen LogP contribution in [-0.4, -0.2) is 17.5 Å². The van der Waals surface area contributed by atoms with Gasteiger partial charge in [0.15, 0.2) is 0 Å². The number of aryl methyl sites for hydroxylation is 2. The molecule has 1 amide bonds. The lowest BCUT2D eigenvalue weighted by molar-refractivity contribution is -0.112. The molecule has 162 valence electrons. The van der Waals surface area contributed by atoms with E-state index in [1.54, 1.807) is 6.08 Å². The lowest BCUT2D eigenvalue weighted by Gasteiger charge is -2.50. The quantitative estimate of drug-likeness (QED) is 0.467. The van der Waals surface area contributed by atoms with Gasteiger partial charge in [0, 0.05) is 23.0 Å². The van der Waals surface area contributed by atoms with Gasteiger partial charge in [0.05, 0.1) is 0 Å². The summed E-state index contributed by atoms with van der Waals surface area (Å²) in [5.74, 6) is 0.0214. The minimum Gasteiger partial charge on any atom is -0.364 e. The number of carbonyl (C=O) groups excluding carboxylic acids is 1. The molecule has 1 aliphatic rings. The normalized spacial score (nSPS) is 17.8. The zero-order chi connectivity index (χ0) is 22.9. The van der Waals surface area contributed by atoms with Crippen molar-refractivity contribution in [1.29, 1.82) is 5.26 Å². The Hall–Kier alpha value is -3.06. The van der Waals surface area contributed by atoms with Gasteiger partial charge in [-0.2, -0.15) is 5.26 Å². The Kier molecular flexibility index (Phi) is 6.27. The minimum absolute atomic E-state index is 0.0849. The molecule has 0 saturated carbocycles. The number of hydrogen-bond donors (Lipinski definition) is 1. The molecule has 0 aliphatic carbocycles. The molecule has 0 fully saturated rings. The van der Waals surface area contributed by atoms with Crippen molar-refractivity contribution < 1.29 is 4.79 Å². The number of nitrogens with one attached hydrogen (secondary N) is 1. The second-order valence-corrected chi connectivity index (χ2v) is 9.64. The van der Waals surface area contributed by atoms with Crippen molar-refractivity contribution in [3.63, 3.8) is 0 Å². The van der Waals surface area contributed by atoms with Crippen LogP contribution in [-0.2, 0) is 4.79 Å². The molecule has 3 rings (SSSR count). The third-order valence-corrected chi connectivity index (χ3v) is 6.12. The van der Waals surface area contributed by atoms with Crippen molar-refractivity contribution in [2.24, 2.45) is 0 Å². The first kappa shape index (κ1) is 22.6. The Labute approximate surface area is 186 Å². The summed E-state index contributed by atoms with van der Waals surface area (Å²) in [6, 6.07) is 14.6. The van der Waals surface area contributed by atoms with Crippen molar-refractivity contribution in [3.8, 4) is 6.07 Å². The van der Waals surface area contributed by atoms with Crippen LogP contribution in [0.1, 0.15) is 69.2 Å². The highest BCUT2D eigenvalue weighted by Crippen LogP contribution is 2.44. The summed E-state index contributed by atoms with van der Waals surface area (Å²) in [4.78, 5) is 15.2. The van der Waals surface area contributed by atoms with Crippen LogP contribution in [0.4, 0.5) is 11.4 Å². The zero-order valence-corrected chi connectivity index (χ0v) is 19.7. The van der Waals surface area contributed by atoms with Gasteiger partial charge in [-0.25, -0.2) is 0 Å². The number of hydrogen-bond acceptors (Lipinski definition) is 3. The molecular weight excluding hydrogens is 382 g/mol. The maximum Gasteiger partial charge on any atom is 0.266 e. The molecule has 0 spiro atoms. The van der Waals surface area contributed by atoms with Gasteiger partial charge in [0.2, 0.25) is 0 Å². The molecule has 0 aromatic heterocycles. The van der Waals surface area contributed by atoms with E-state index in [4.69, 9.17) is 0 Å². The van der Waals surface area contributed by atoms with E-state index in [1.807, 2.05) is 38.1 Å². The molecule has 0 radical (unpaired) electrons. The third kappa shape index (κ3) is 4.66. The van der Waals surface area contributed by atoms with Crippen LogP contribution in [0.25, 0.3) is 6.08 Å². The monoisotopic (exact) mass is 415 g/mol. The molecule has 0 bridgehead atoms. The Morgan fingerprint density at radius 3 is 2.55 bits per heavy atom. The summed E-state index contributed by atoms with van der Waals surface area (Å²) < 4.78 is 0. The fraction of sp³-hybridized carbons (Fsp3) is 0.407. The predicted octanol–water partition coefficient (Wildman–Crippen LogP) is 6.35. The summed E-state index contributed by atoms with van der Waals surface area (Å²) in [5.41, 5.74) is 6.42. The SMILES string of the molecule is Cc1ccc(NC(=O)/C(C#N)=C\c2ccc3c(c2)[C@H](C)CC(C)(C)N3C(C)C)c(C)c1. The van der Waals surface area contributed by atoms with Gasteiger partial charge in [-0.15, -0.1) is 0 Å². The van der Waals surface area contributed by atoms with Gasteiger partial charge in [0.25, 0.3) is 5.91 Å². The van der Waals surface area contributed by atoms with E-state index in [-0.39, 0.29) is 17.0 Å². The molecule has 31 heavy (non-hydrogen) atoms. The van der Waals surface area contributed by atoms with Crippen molar-refractivity contribution in [2.45, 2.75) is 72.4 Å². The summed E-state index contributed by atoms with van der Waals surface area (Å²) >= 11 is 0. The molecule has 2 aromatic rings. The summed E-state index contributed by atoms with van der Waals surface area (Å²) in [6.45, 7) is 15.3. The van der Waals surface area contributed by atoms with Crippen LogP contribution in [0, 0.1) is 25.2 Å². The predicted molar refractivity (Wildman–Crippen MR) is 129 cm³/mol. The number of nitriles is 1. The van der Waals surface area contributed by atoms with Gasteiger partial charge in [-0.3, -0.25) is 4.79 Å². The Morgan fingerprint density at radius 2 is 1.94 bits per heavy atom. The Bertz CT molecular complexity index is 1070. The minimum atomic E-state index is -0.384. The average Bonchev–Trinajstić information content (AvgIpc) is 2.67. The van der Waals surface area contributed by atoms with Crippen LogP contribution in [0.15, 0.2) is 42.0 Å². The number of nitrogens with zero attached hydrogens (tertiary/aromatic N) is 2. The maximum atomic E-state index is 12.8. The number of amides is 1. The summed E-state index contributed by atoms with van der Waals surface area (Å²) in [7, 11) is 0. The fourth-order valence-electron chi connectivity index (χ4n) is 5.00. The number of carbonyl (C=O) groups is 1. The first-order valence-corrected chi connectivity index (χ1v) is 11.0. The second-order valence-electron chi connectivity index (χ2n) is 9.64. The lowest BCUT2D eigenvalue weighted by Crippen LogP contribution is -2.51. The molecular formula is C27H33N3O. The van der Waals surface area contributed by atoms with Gasteiger partial charge in [0.1, 0.15) is 11.6 Å². The fourth-order valence-corrected chi connectivity index (χ4v) is 5.00. The molecule has 4 nitrogen and oxygen atoms in total. The molecule has 0 unspecified atom stereocenters. The molecule has 1 aliphatic heterocycles. The van der Waals surface area contributed by atoms with Gasteiger partial charge >= 0.3 is 0 Å². The highest BCUT2D eigenvalue weighted by molar-refractivity contribution is 6.10. The highest BCUT2D eigenvalue weighted by atomic mass is 16.1. The van der Waals surface area contributed by atoms with Gasteiger partial charge in [-0.1, -0.05) is 30.7 Å². The van der Waals surface area contributed by atoms with Gasteiger partial charge < -0.3 is 10.2 Å². The van der Waals surface area contributed by atoms with Crippen LogP contribution >= 0.6 is 0 Å². The number of fused-ring (bicyclic) bond motifs is 1. The smallest absolute Gasteiger partial charge is 0.266 e. The molecule has 1 atom stereocenters. The van der Waals surface area contributed by atoms with Crippen LogP contribution in [0.5, 0.6) is 0 Å². The van der Waals surface area contributed by atoms with Crippen molar-refractivity contribution in [1.82, 2.24) is 0 Å². The van der Waals surface area contributed by atoms with E-state index in [2.05, 4.69) is 63.0 Å². The molecule has 1 N–H and O–H groups in total. The topological polar surface area (TPSA) is 56.1 Å². The lowest BCUT2D eigenvalue weighted by atomic mass is 9.79. The van der Waals surface area contributed by atoms with Crippen LogP contribution in [0.2, 0.25) is 0 Å². The standard InChI is InChI=1S/C27H33N3O/c1-17(2)30-25-11-9-21(14-23(25)20(5)15-27(30,6)7)13-22(16-28)26(31)29-24-10-8-18(3)12-19(24)4/h8-14,17,20H,15H2,1-7H3,(H,29,31)/b22-13-/t20-/m1/s1. The van der Waals surface area contributed by atoms with Crippen molar-refractivity contribution in [3.05, 3.63) is 64.2 Å². The molecule has 4 heteroatoms. The van der Waals surface area contributed by atoms with E-state index in [9.17, 15) is 10.1 Å².